The van der Waals surface area contributed by atoms with E-state index >= 15 is 0 Å². The van der Waals surface area contributed by atoms with Crippen molar-refractivity contribution < 1.29 is 27.8 Å². The minimum atomic E-state index is -4.14. The van der Waals surface area contributed by atoms with E-state index in [1.54, 1.807) is 18.7 Å². The van der Waals surface area contributed by atoms with Crippen molar-refractivity contribution in [2.45, 2.75) is 115 Å². The third-order valence-electron chi connectivity index (χ3n) is 9.42. The van der Waals surface area contributed by atoms with Crippen LogP contribution in [0.3, 0.4) is 0 Å². The second-order valence-corrected chi connectivity index (χ2v) is 16.8. The van der Waals surface area contributed by atoms with E-state index in [2.05, 4.69) is 0 Å². The van der Waals surface area contributed by atoms with Gasteiger partial charge in [-0.2, -0.15) is 4.31 Å². The lowest BCUT2D eigenvalue weighted by molar-refractivity contribution is -0.0996. The molecule has 2 fully saturated rings. The van der Waals surface area contributed by atoms with Crippen LogP contribution >= 0.6 is 0 Å². The molecular formula is C39H52N2O6S. The molecule has 0 radical (unpaired) electrons. The molecule has 5 rings (SSSR count). The number of aliphatic hydroxyl groups is 1. The Balaban J connectivity index is 1.51. The number of ether oxygens (including phenoxy) is 2. The van der Waals surface area contributed by atoms with Crippen LogP contribution in [0.25, 0.3) is 0 Å². The van der Waals surface area contributed by atoms with Crippen LogP contribution in [0.2, 0.25) is 0 Å². The van der Waals surface area contributed by atoms with E-state index in [9.17, 15) is 18.3 Å². The molecule has 48 heavy (non-hydrogen) atoms. The summed E-state index contributed by atoms with van der Waals surface area (Å²) in [4.78, 5) is 15.3. The Labute approximate surface area is 287 Å². The van der Waals surface area contributed by atoms with Gasteiger partial charge in [-0.05, 0) is 63.6 Å². The standard InChI is InChI=1S/C39H52N2O6S/c1-38(2,3)47-37(43)41-33(26-29-18-10-6-11-19-29)36(46-39(41,4)5)34(42)28-48(44,45)40(27-30-20-12-7-13-21-30)35(31-22-14-8-15-23-31)32-24-16-9-17-25-32/h7-9,12-17,20-25,29,33-36,42H,6,10-11,18-19,26-28H2,1-5H3/t33-,34+,36+/m0/s1. The molecule has 0 aromatic heterocycles. The number of aliphatic hydroxyl groups excluding tert-OH is 1. The van der Waals surface area contributed by atoms with Gasteiger partial charge >= 0.3 is 6.09 Å². The van der Waals surface area contributed by atoms with Gasteiger partial charge in [-0.15, -0.1) is 0 Å². The molecule has 3 atom stereocenters. The highest BCUT2D eigenvalue weighted by Gasteiger charge is 2.54. The van der Waals surface area contributed by atoms with Gasteiger partial charge in [-0.3, -0.25) is 4.90 Å². The maximum Gasteiger partial charge on any atom is 0.412 e. The number of rotatable bonds is 11. The number of hydrogen-bond acceptors (Lipinski definition) is 6. The first-order valence-electron chi connectivity index (χ1n) is 17.3. The van der Waals surface area contributed by atoms with Crippen molar-refractivity contribution in [3.8, 4) is 0 Å². The van der Waals surface area contributed by atoms with Crippen LogP contribution in [-0.4, -0.2) is 64.2 Å². The predicted octanol–water partition coefficient (Wildman–Crippen LogP) is 7.68. The second-order valence-electron chi connectivity index (χ2n) is 14.8. The molecule has 260 valence electrons. The van der Waals surface area contributed by atoms with Crippen molar-refractivity contribution in [1.82, 2.24) is 9.21 Å². The van der Waals surface area contributed by atoms with Gasteiger partial charge in [0.25, 0.3) is 0 Å². The average Bonchev–Trinajstić information content (AvgIpc) is 3.31. The lowest BCUT2D eigenvalue weighted by Gasteiger charge is -2.37. The summed E-state index contributed by atoms with van der Waals surface area (Å²) < 4.78 is 43.3. The Morgan fingerprint density at radius 3 is 1.96 bits per heavy atom. The maximum atomic E-state index is 14.8. The highest BCUT2D eigenvalue weighted by Crippen LogP contribution is 2.41. The van der Waals surface area contributed by atoms with E-state index in [0.717, 1.165) is 42.4 Å². The number of nitrogens with zero attached hydrogens (tertiary/aromatic N) is 2. The van der Waals surface area contributed by atoms with Gasteiger partial charge in [0.05, 0.1) is 23.9 Å². The number of amides is 1. The molecule has 1 aliphatic heterocycles. The molecule has 9 heteroatoms. The minimum Gasteiger partial charge on any atom is -0.444 e. The molecule has 1 N–H and O–H groups in total. The van der Waals surface area contributed by atoms with E-state index in [4.69, 9.17) is 9.47 Å². The van der Waals surface area contributed by atoms with Crippen LogP contribution in [0, 0.1) is 5.92 Å². The third kappa shape index (κ3) is 8.86. The Hall–Kier alpha value is -3.24. The van der Waals surface area contributed by atoms with Crippen LogP contribution in [-0.2, 0) is 26.0 Å². The minimum absolute atomic E-state index is 0.108. The predicted molar refractivity (Wildman–Crippen MR) is 189 cm³/mol. The lowest BCUT2D eigenvalue weighted by Crippen LogP contribution is -2.52. The average molecular weight is 677 g/mol. The Morgan fingerprint density at radius 1 is 0.917 bits per heavy atom. The van der Waals surface area contributed by atoms with Crippen LogP contribution in [0.1, 0.15) is 95.9 Å². The number of hydrogen-bond donors (Lipinski definition) is 1. The fourth-order valence-corrected chi connectivity index (χ4v) is 9.06. The van der Waals surface area contributed by atoms with Crippen LogP contribution in [0.4, 0.5) is 4.79 Å². The SMILES string of the molecule is CC(C)(C)OC(=O)N1[C@@H](CC2CCCCC2)[C@H]([C@H](O)CS(=O)(=O)N(Cc2ccccc2)C(c2ccccc2)c2ccccc2)OC1(C)C. The first-order chi connectivity index (χ1) is 22.7. The van der Waals surface area contributed by atoms with E-state index < -0.39 is 57.5 Å². The first kappa shape index (κ1) is 36.1. The van der Waals surface area contributed by atoms with Gasteiger partial charge in [0.1, 0.15) is 17.4 Å². The highest BCUT2D eigenvalue weighted by molar-refractivity contribution is 7.89. The Kier molecular flexibility index (Phi) is 11.4. The van der Waals surface area contributed by atoms with Gasteiger partial charge < -0.3 is 14.6 Å². The van der Waals surface area contributed by atoms with Crippen molar-refractivity contribution in [3.63, 3.8) is 0 Å². The Morgan fingerprint density at radius 2 is 1.44 bits per heavy atom. The van der Waals surface area contributed by atoms with E-state index in [1.165, 1.54) is 10.7 Å². The molecule has 1 saturated heterocycles. The van der Waals surface area contributed by atoms with Gasteiger partial charge in [0, 0.05) is 6.54 Å². The van der Waals surface area contributed by atoms with Gasteiger partial charge in [-0.25, -0.2) is 13.2 Å². The molecule has 8 nitrogen and oxygen atoms in total. The largest absolute Gasteiger partial charge is 0.444 e. The number of sulfonamides is 1. The fourth-order valence-electron chi connectivity index (χ4n) is 7.34. The van der Waals surface area contributed by atoms with Gasteiger partial charge in [0.15, 0.2) is 0 Å². The first-order valence-corrected chi connectivity index (χ1v) is 18.9. The summed E-state index contributed by atoms with van der Waals surface area (Å²) in [7, 11) is -4.14. The van der Waals surface area contributed by atoms with E-state index in [-0.39, 0.29) is 6.54 Å². The third-order valence-corrected chi connectivity index (χ3v) is 11.2. The lowest BCUT2D eigenvalue weighted by atomic mass is 9.83. The molecule has 3 aromatic rings. The molecule has 1 saturated carbocycles. The van der Waals surface area contributed by atoms with Crippen molar-refractivity contribution in [2.24, 2.45) is 5.92 Å². The molecule has 3 aromatic carbocycles. The smallest absolute Gasteiger partial charge is 0.412 e. The molecule has 0 bridgehead atoms. The number of carbonyl (C=O) groups excluding carboxylic acids is 1. The second kappa shape index (κ2) is 15.1. The summed E-state index contributed by atoms with van der Waals surface area (Å²) in [6.07, 6.45) is 3.23. The highest BCUT2D eigenvalue weighted by atomic mass is 32.2. The molecule has 2 aliphatic rings. The summed E-state index contributed by atoms with van der Waals surface area (Å²) in [5.41, 5.74) is 0.628. The topological polar surface area (TPSA) is 96.4 Å². The maximum absolute atomic E-state index is 14.8. The quantitative estimate of drug-likeness (QED) is 0.224. The monoisotopic (exact) mass is 676 g/mol. The summed E-state index contributed by atoms with van der Waals surface area (Å²) in [5.74, 6) is -0.229. The molecule has 1 heterocycles. The van der Waals surface area contributed by atoms with Crippen molar-refractivity contribution >= 4 is 16.1 Å². The molecule has 1 amide bonds. The zero-order chi connectivity index (χ0) is 34.5. The van der Waals surface area contributed by atoms with E-state index in [1.807, 2.05) is 112 Å². The summed E-state index contributed by atoms with van der Waals surface area (Å²) >= 11 is 0. The summed E-state index contributed by atoms with van der Waals surface area (Å²) in [6.45, 7) is 9.14. The molecule has 0 unspecified atom stereocenters. The zero-order valence-corrected chi connectivity index (χ0v) is 29.8. The zero-order valence-electron chi connectivity index (χ0n) is 29.0. The van der Waals surface area contributed by atoms with Crippen LogP contribution in [0.5, 0.6) is 0 Å². The van der Waals surface area contributed by atoms with Crippen molar-refractivity contribution in [1.29, 1.82) is 0 Å². The van der Waals surface area contributed by atoms with Crippen molar-refractivity contribution in [2.75, 3.05) is 5.75 Å². The summed E-state index contributed by atoms with van der Waals surface area (Å²) in [6, 6.07) is 27.5. The van der Waals surface area contributed by atoms with Crippen LogP contribution < -0.4 is 0 Å². The fraction of sp³-hybridized carbons (Fsp3) is 0.513. The van der Waals surface area contributed by atoms with E-state index in [0.29, 0.717) is 12.3 Å². The normalized spacial score (nSPS) is 21.0. The number of benzene rings is 3. The Bertz CT molecular complexity index is 1530. The molecular weight excluding hydrogens is 625 g/mol. The molecule has 0 spiro atoms. The van der Waals surface area contributed by atoms with Gasteiger partial charge in [0.2, 0.25) is 10.0 Å². The van der Waals surface area contributed by atoms with Gasteiger partial charge in [-0.1, -0.05) is 123 Å². The van der Waals surface area contributed by atoms with Crippen LogP contribution in [0.15, 0.2) is 91.0 Å². The van der Waals surface area contributed by atoms with Crippen molar-refractivity contribution in [3.05, 3.63) is 108 Å². The molecule has 1 aliphatic carbocycles. The number of carbonyl (C=O) groups is 1. The summed E-state index contributed by atoms with van der Waals surface area (Å²) in [5, 5.41) is 12.0.